The summed E-state index contributed by atoms with van der Waals surface area (Å²) in [7, 11) is 2.18. The number of benzene rings is 1. The average Bonchev–Trinajstić information content (AvgIpc) is 2.96. The number of aliphatic carboxylic acids is 2. The molecule has 3 rings (SSSR count). The van der Waals surface area contributed by atoms with E-state index in [9.17, 15) is 9.59 Å². The fourth-order valence-electron chi connectivity index (χ4n) is 3.20. The van der Waals surface area contributed by atoms with Crippen molar-refractivity contribution in [3.8, 4) is 12.3 Å². The van der Waals surface area contributed by atoms with Crippen molar-refractivity contribution in [1.29, 1.82) is 0 Å². The number of rotatable bonds is 7. The third kappa shape index (κ3) is 7.77. The number of hydrogen-bond acceptors (Lipinski definition) is 6. The molecule has 2 heterocycles. The number of imidazole rings is 1. The van der Waals surface area contributed by atoms with Gasteiger partial charge in [0.1, 0.15) is 6.61 Å². The maximum absolute atomic E-state index is 9.55. The highest BCUT2D eigenvalue weighted by atomic mass is 16.5. The van der Waals surface area contributed by atoms with Gasteiger partial charge in [0.15, 0.2) is 0 Å². The van der Waals surface area contributed by atoms with Gasteiger partial charge in [-0.2, -0.15) is 0 Å². The molecule has 1 fully saturated rings. The number of fused-ring (bicyclic) bond motifs is 1. The van der Waals surface area contributed by atoms with E-state index in [0.717, 1.165) is 56.1 Å². The molecule has 0 atom stereocenters. The van der Waals surface area contributed by atoms with Crippen molar-refractivity contribution < 1.29 is 24.5 Å². The lowest BCUT2D eigenvalue weighted by Crippen LogP contribution is -2.31. The SMILES string of the molecule is C#CCOCCn1c(N2CCCN(C)CC2)nc2ccccc21.O=C(O)/C=C/C(=O)O. The zero-order chi connectivity index (χ0) is 22.6. The predicted molar refractivity (Wildman–Crippen MR) is 118 cm³/mol. The molecule has 31 heavy (non-hydrogen) atoms. The number of carbonyl (C=O) groups is 2. The first-order valence-corrected chi connectivity index (χ1v) is 9.96. The number of terminal acetylenes is 1. The molecule has 0 bridgehead atoms. The molecule has 2 aromatic rings. The van der Waals surface area contributed by atoms with E-state index in [4.69, 9.17) is 26.4 Å². The maximum atomic E-state index is 9.55. The number of ether oxygens (including phenoxy) is 1. The largest absolute Gasteiger partial charge is 0.478 e. The molecule has 166 valence electrons. The molecular formula is C22H28N4O5. The molecular weight excluding hydrogens is 400 g/mol. The number of aromatic nitrogens is 2. The molecule has 1 aliphatic rings. The van der Waals surface area contributed by atoms with Gasteiger partial charge in [0.05, 0.1) is 17.6 Å². The van der Waals surface area contributed by atoms with Gasteiger partial charge in [-0.3, -0.25) is 0 Å². The molecule has 0 aliphatic carbocycles. The molecule has 0 saturated carbocycles. The molecule has 2 N–H and O–H groups in total. The van der Waals surface area contributed by atoms with Crippen LogP contribution in [0.5, 0.6) is 0 Å². The van der Waals surface area contributed by atoms with Crippen molar-refractivity contribution in [3.05, 3.63) is 36.4 Å². The number of likely N-dealkylation sites (N-methyl/N-ethyl adjacent to an activating group) is 1. The fraction of sp³-hybridized carbons (Fsp3) is 0.409. The Hall–Kier alpha value is -3.35. The minimum atomic E-state index is -1.26. The Morgan fingerprint density at radius 2 is 1.87 bits per heavy atom. The Labute approximate surface area is 181 Å². The normalized spacial score (nSPS) is 14.6. The lowest BCUT2D eigenvalue weighted by atomic mass is 10.3. The van der Waals surface area contributed by atoms with Crippen LogP contribution in [0.25, 0.3) is 11.0 Å². The fourth-order valence-corrected chi connectivity index (χ4v) is 3.20. The van der Waals surface area contributed by atoms with Gasteiger partial charge in [-0.25, -0.2) is 14.6 Å². The number of hydrogen-bond donors (Lipinski definition) is 2. The Bertz CT molecular complexity index is 931. The summed E-state index contributed by atoms with van der Waals surface area (Å²) >= 11 is 0. The molecule has 9 heteroatoms. The third-order valence-electron chi connectivity index (χ3n) is 4.65. The monoisotopic (exact) mass is 428 g/mol. The Kier molecular flexibility index (Phi) is 9.55. The number of carboxylic acids is 2. The second-order valence-corrected chi connectivity index (χ2v) is 6.96. The first-order chi connectivity index (χ1) is 14.9. The summed E-state index contributed by atoms with van der Waals surface area (Å²) in [4.78, 5) is 28.8. The summed E-state index contributed by atoms with van der Waals surface area (Å²) in [6, 6.07) is 8.29. The zero-order valence-electron chi connectivity index (χ0n) is 17.6. The Morgan fingerprint density at radius 3 is 2.55 bits per heavy atom. The van der Waals surface area contributed by atoms with Gasteiger partial charge in [-0.05, 0) is 32.1 Å². The molecule has 0 amide bonds. The molecule has 9 nitrogen and oxygen atoms in total. The minimum Gasteiger partial charge on any atom is -0.478 e. The smallest absolute Gasteiger partial charge is 0.328 e. The lowest BCUT2D eigenvalue weighted by Gasteiger charge is -2.23. The first kappa shape index (κ1) is 23.9. The molecule has 0 spiro atoms. The zero-order valence-corrected chi connectivity index (χ0v) is 17.6. The second-order valence-electron chi connectivity index (χ2n) is 6.96. The van der Waals surface area contributed by atoms with Crippen molar-refractivity contribution >= 4 is 28.9 Å². The van der Waals surface area contributed by atoms with Crippen molar-refractivity contribution in [1.82, 2.24) is 14.5 Å². The van der Waals surface area contributed by atoms with E-state index in [1.54, 1.807) is 0 Å². The second kappa shape index (κ2) is 12.4. The Morgan fingerprint density at radius 1 is 1.16 bits per heavy atom. The van der Waals surface area contributed by atoms with Crippen molar-refractivity contribution in [2.75, 3.05) is 51.3 Å². The molecule has 1 aromatic carbocycles. The molecule has 0 radical (unpaired) electrons. The lowest BCUT2D eigenvalue weighted by molar-refractivity contribution is -0.134. The van der Waals surface area contributed by atoms with Gasteiger partial charge in [0.2, 0.25) is 5.95 Å². The van der Waals surface area contributed by atoms with Crippen LogP contribution in [0.15, 0.2) is 36.4 Å². The Balaban J connectivity index is 0.000000366. The van der Waals surface area contributed by atoms with E-state index in [1.165, 1.54) is 0 Å². The standard InChI is InChI=1S/C18H24N4O.C4H4O4/c1-3-14-23-15-13-22-17-8-5-4-7-16(17)19-18(22)21-10-6-9-20(2)11-12-21;5-3(6)1-2-4(7)8/h1,4-5,7-8H,6,9-15H2,2H3;1-2H,(H,5,6)(H,7,8)/b;2-1+. The summed E-state index contributed by atoms with van der Waals surface area (Å²) in [5, 5.41) is 15.6. The molecule has 0 unspecified atom stereocenters. The summed E-state index contributed by atoms with van der Waals surface area (Å²) in [5.74, 6) is 1.05. The van der Waals surface area contributed by atoms with E-state index < -0.39 is 11.9 Å². The number of para-hydroxylation sites is 2. The summed E-state index contributed by atoms with van der Waals surface area (Å²) in [6.45, 7) is 5.98. The average molecular weight is 428 g/mol. The van der Waals surface area contributed by atoms with Gasteiger partial charge >= 0.3 is 11.9 Å². The van der Waals surface area contributed by atoms with E-state index in [1.807, 2.05) is 6.07 Å². The quantitative estimate of drug-likeness (QED) is 0.388. The van der Waals surface area contributed by atoms with Crippen LogP contribution in [0.3, 0.4) is 0 Å². The summed E-state index contributed by atoms with van der Waals surface area (Å²) < 4.78 is 7.74. The van der Waals surface area contributed by atoms with Crippen LogP contribution in [-0.2, 0) is 20.9 Å². The van der Waals surface area contributed by atoms with Crippen LogP contribution in [0.2, 0.25) is 0 Å². The van der Waals surface area contributed by atoms with Crippen LogP contribution in [0, 0.1) is 12.3 Å². The van der Waals surface area contributed by atoms with Crippen molar-refractivity contribution in [2.24, 2.45) is 0 Å². The van der Waals surface area contributed by atoms with Crippen LogP contribution in [-0.4, -0.2) is 83.0 Å². The predicted octanol–water partition coefficient (Wildman–Crippen LogP) is 1.54. The van der Waals surface area contributed by atoms with Crippen LogP contribution >= 0.6 is 0 Å². The van der Waals surface area contributed by atoms with Gasteiger partial charge in [0, 0.05) is 38.3 Å². The maximum Gasteiger partial charge on any atom is 0.328 e. The first-order valence-electron chi connectivity index (χ1n) is 9.96. The van der Waals surface area contributed by atoms with Crippen LogP contribution in [0.4, 0.5) is 5.95 Å². The van der Waals surface area contributed by atoms with Crippen molar-refractivity contribution in [2.45, 2.75) is 13.0 Å². The number of nitrogens with zero attached hydrogens (tertiary/aromatic N) is 4. The number of carboxylic acid groups (broad SMARTS) is 2. The van der Waals surface area contributed by atoms with Gasteiger partial charge in [0.25, 0.3) is 0 Å². The van der Waals surface area contributed by atoms with E-state index in [2.05, 4.69) is 45.5 Å². The van der Waals surface area contributed by atoms with Gasteiger partial charge < -0.3 is 29.3 Å². The van der Waals surface area contributed by atoms with E-state index >= 15 is 0 Å². The highest BCUT2D eigenvalue weighted by Crippen LogP contribution is 2.23. The highest BCUT2D eigenvalue weighted by molar-refractivity contribution is 5.89. The molecule has 1 aromatic heterocycles. The number of anilines is 1. The van der Waals surface area contributed by atoms with Gasteiger partial charge in [-0.15, -0.1) is 6.42 Å². The van der Waals surface area contributed by atoms with Gasteiger partial charge in [-0.1, -0.05) is 18.1 Å². The van der Waals surface area contributed by atoms with Crippen molar-refractivity contribution in [3.63, 3.8) is 0 Å². The summed E-state index contributed by atoms with van der Waals surface area (Å²) in [5.41, 5.74) is 2.20. The van der Waals surface area contributed by atoms with Crippen LogP contribution < -0.4 is 4.90 Å². The minimum absolute atomic E-state index is 0.358. The summed E-state index contributed by atoms with van der Waals surface area (Å²) in [6.07, 6.45) is 7.52. The highest BCUT2D eigenvalue weighted by Gasteiger charge is 2.19. The third-order valence-corrected chi connectivity index (χ3v) is 4.65. The molecule has 1 aliphatic heterocycles. The van der Waals surface area contributed by atoms with E-state index in [0.29, 0.717) is 25.4 Å². The van der Waals surface area contributed by atoms with Crippen LogP contribution in [0.1, 0.15) is 6.42 Å². The molecule has 1 saturated heterocycles. The van der Waals surface area contributed by atoms with E-state index in [-0.39, 0.29) is 0 Å². The topological polar surface area (TPSA) is 108 Å².